The fourth-order valence-electron chi connectivity index (χ4n) is 1.98. The molecule has 0 saturated carbocycles. The van der Waals surface area contributed by atoms with Crippen LogP contribution in [0.1, 0.15) is 18.1 Å². The molecular weight excluding hydrogens is 232 g/mol. The number of nitrogens with zero attached hydrogens (tertiary/aromatic N) is 1. The van der Waals surface area contributed by atoms with Crippen LogP contribution in [-0.4, -0.2) is 30.2 Å². The van der Waals surface area contributed by atoms with Crippen LogP contribution < -0.4 is 5.43 Å². The summed E-state index contributed by atoms with van der Waals surface area (Å²) in [5, 5.41) is 1.33. The zero-order chi connectivity index (χ0) is 13.0. The van der Waals surface area contributed by atoms with Crippen molar-refractivity contribution in [2.24, 2.45) is 0 Å². The van der Waals surface area contributed by atoms with E-state index < -0.39 is 6.09 Å². The van der Waals surface area contributed by atoms with Gasteiger partial charge in [0, 0.05) is 6.54 Å². The number of hydrazine groups is 1. The minimum atomic E-state index is -0.586. The van der Waals surface area contributed by atoms with Gasteiger partial charge in [-0.1, -0.05) is 24.3 Å². The van der Waals surface area contributed by atoms with Gasteiger partial charge in [-0.15, -0.1) is 0 Å². The summed E-state index contributed by atoms with van der Waals surface area (Å²) in [7, 11) is 0. The summed E-state index contributed by atoms with van der Waals surface area (Å²) in [5.41, 5.74) is 4.64. The lowest BCUT2D eigenvalue weighted by Crippen LogP contribution is -2.47. The van der Waals surface area contributed by atoms with Crippen molar-refractivity contribution in [3.8, 4) is 0 Å². The van der Waals surface area contributed by atoms with Crippen molar-refractivity contribution in [2.75, 3.05) is 13.2 Å². The number of carbonyl (C=O) groups excluding carboxylic acids is 2. The molecule has 18 heavy (non-hydrogen) atoms. The molecule has 0 radical (unpaired) electrons. The monoisotopic (exact) mass is 248 g/mol. The molecule has 0 aliphatic carbocycles. The predicted octanol–water partition coefficient (Wildman–Crippen LogP) is 1.27. The van der Waals surface area contributed by atoms with Gasteiger partial charge in [0.2, 0.25) is 5.91 Å². The van der Waals surface area contributed by atoms with E-state index in [0.29, 0.717) is 13.0 Å². The maximum absolute atomic E-state index is 12.0. The van der Waals surface area contributed by atoms with Crippen LogP contribution >= 0.6 is 0 Å². The molecular formula is C13H16N2O3. The molecule has 1 heterocycles. The largest absolute Gasteiger partial charge is 0.449 e. The maximum Gasteiger partial charge on any atom is 0.426 e. The highest BCUT2D eigenvalue weighted by molar-refractivity contribution is 5.82. The van der Waals surface area contributed by atoms with Crippen LogP contribution in [0.3, 0.4) is 0 Å². The van der Waals surface area contributed by atoms with Crippen LogP contribution in [-0.2, 0) is 22.4 Å². The van der Waals surface area contributed by atoms with Gasteiger partial charge in [0.1, 0.15) is 0 Å². The van der Waals surface area contributed by atoms with Crippen LogP contribution in [0.15, 0.2) is 24.3 Å². The van der Waals surface area contributed by atoms with E-state index in [9.17, 15) is 9.59 Å². The first-order chi connectivity index (χ1) is 8.70. The van der Waals surface area contributed by atoms with Crippen molar-refractivity contribution in [1.29, 1.82) is 0 Å². The standard InChI is InChI=1S/C13H16N2O3/c1-2-18-13(17)14-15-8-7-10-5-3-4-6-11(10)9-12(15)16/h3-6H,2,7-9H2,1H3,(H,14,17). The van der Waals surface area contributed by atoms with Gasteiger partial charge in [-0.2, -0.15) is 0 Å². The Labute approximate surface area is 106 Å². The van der Waals surface area contributed by atoms with Gasteiger partial charge in [-0.3, -0.25) is 9.80 Å². The summed E-state index contributed by atoms with van der Waals surface area (Å²) in [5.74, 6) is -0.118. The number of ether oxygens (including phenoxy) is 1. The molecule has 2 amide bonds. The number of benzene rings is 1. The Morgan fingerprint density at radius 3 is 2.83 bits per heavy atom. The van der Waals surface area contributed by atoms with Crippen molar-refractivity contribution >= 4 is 12.0 Å². The van der Waals surface area contributed by atoms with Crippen molar-refractivity contribution in [3.63, 3.8) is 0 Å². The second kappa shape index (κ2) is 5.53. The summed E-state index contributed by atoms with van der Waals surface area (Å²) < 4.78 is 4.77. The Balaban J connectivity index is 2.05. The summed E-state index contributed by atoms with van der Waals surface area (Å²) >= 11 is 0. The number of carbonyl (C=O) groups is 2. The van der Waals surface area contributed by atoms with Crippen molar-refractivity contribution in [2.45, 2.75) is 19.8 Å². The van der Waals surface area contributed by atoms with Gasteiger partial charge < -0.3 is 4.74 Å². The van der Waals surface area contributed by atoms with Gasteiger partial charge in [0.25, 0.3) is 0 Å². The number of nitrogens with one attached hydrogen (secondary N) is 1. The van der Waals surface area contributed by atoms with Crippen LogP contribution in [0.2, 0.25) is 0 Å². The molecule has 1 aromatic carbocycles. The van der Waals surface area contributed by atoms with Gasteiger partial charge in [0.15, 0.2) is 0 Å². The Hall–Kier alpha value is -2.04. The van der Waals surface area contributed by atoms with Crippen LogP contribution in [0.4, 0.5) is 4.79 Å². The summed E-state index contributed by atoms with van der Waals surface area (Å²) in [4.78, 5) is 23.3. The molecule has 0 fully saturated rings. The predicted molar refractivity (Wildman–Crippen MR) is 65.7 cm³/mol. The average molecular weight is 248 g/mol. The van der Waals surface area contributed by atoms with Crippen molar-refractivity contribution in [3.05, 3.63) is 35.4 Å². The van der Waals surface area contributed by atoms with Gasteiger partial charge in [-0.05, 0) is 24.5 Å². The SMILES string of the molecule is CCOC(=O)NN1CCc2ccccc2CC1=O. The zero-order valence-electron chi connectivity index (χ0n) is 10.3. The first-order valence-electron chi connectivity index (χ1n) is 6.01. The smallest absolute Gasteiger partial charge is 0.426 e. The minimum Gasteiger partial charge on any atom is -0.449 e. The lowest BCUT2D eigenvalue weighted by atomic mass is 10.0. The van der Waals surface area contributed by atoms with E-state index in [1.165, 1.54) is 5.01 Å². The molecule has 0 atom stereocenters. The molecule has 0 saturated heterocycles. The Morgan fingerprint density at radius 1 is 1.39 bits per heavy atom. The highest BCUT2D eigenvalue weighted by atomic mass is 16.6. The second-order valence-corrected chi connectivity index (χ2v) is 4.07. The summed E-state index contributed by atoms with van der Waals surface area (Å²) in [6, 6.07) is 7.83. The molecule has 1 aromatic rings. The lowest BCUT2D eigenvalue weighted by Gasteiger charge is -2.20. The quantitative estimate of drug-likeness (QED) is 0.857. The highest BCUT2D eigenvalue weighted by Crippen LogP contribution is 2.15. The fraction of sp³-hybridized carbons (Fsp3) is 0.385. The second-order valence-electron chi connectivity index (χ2n) is 4.07. The Bertz CT molecular complexity index is 459. The minimum absolute atomic E-state index is 0.118. The molecule has 5 heteroatoms. The number of hydrogen-bond acceptors (Lipinski definition) is 3. The number of fused-ring (bicyclic) bond motifs is 1. The van der Waals surface area contributed by atoms with E-state index in [1.54, 1.807) is 6.92 Å². The molecule has 1 N–H and O–H groups in total. The zero-order valence-corrected chi connectivity index (χ0v) is 10.3. The number of amides is 2. The van der Waals surface area contributed by atoms with E-state index >= 15 is 0 Å². The molecule has 5 nitrogen and oxygen atoms in total. The molecule has 0 spiro atoms. The van der Waals surface area contributed by atoms with E-state index in [1.807, 2.05) is 24.3 Å². The highest BCUT2D eigenvalue weighted by Gasteiger charge is 2.21. The lowest BCUT2D eigenvalue weighted by molar-refractivity contribution is -0.132. The fourth-order valence-corrected chi connectivity index (χ4v) is 1.98. The topological polar surface area (TPSA) is 58.6 Å². The van der Waals surface area contributed by atoms with Crippen LogP contribution in [0.5, 0.6) is 0 Å². The molecule has 1 aliphatic heterocycles. The molecule has 1 aliphatic rings. The molecule has 2 rings (SSSR count). The average Bonchev–Trinajstić information content (AvgIpc) is 2.50. The summed E-state index contributed by atoms with van der Waals surface area (Å²) in [6.45, 7) is 2.47. The molecule has 0 aromatic heterocycles. The third-order valence-corrected chi connectivity index (χ3v) is 2.87. The van der Waals surface area contributed by atoms with E-state index in [4.69, 9.17) is 4.74 Å². The van der Waals surface area contributed by atoms with E-state index in [0.717, 1.165) is 17.5 Å². The van der Waals surface area contributed by atoms with Gasteiger partial charge in [-0.25, -0.2) is 10.2 Å². The first kappa shape index (κ1) is 12.4. The number of rotatable bonds is 2. The van der Waals surface area contributed by atoms with Crippen LogP contribution in [0, 0.1) is 0 Å². The molecule has 96 valence electrons. The van der Waals surface area contributed by atoms with Crippen molar-refractivity contribution in [1.82, 2.24) is 10.4 Å². The first-order valence-corrected chi connectivity index (χ1v) is 6.01. The normalized spacial score (nSPS) is 14.7. The van der Waals surface area contributed by atoms with Gasteiger partial charge in [0.05, 0.1) is 13.0 Å². The molecule has 0 unspecified atom stereocenters. The Morgan fingerprint density at radius 2 is 2.11 bits per heavy atom. The van der Waals surface area contributed by atoms with Crippen LogP contribution in [0.25, 0.3) is 0 Å². The van der Waals surface area contributed by atoms with Gasteiger partial charge >= 0.3 is 6.09 Å². The number of hydrogen-bond donors (Lipinski definition) is 1. The summed E-state index contributed by atoms with van der Waals surface area (Å²) in [6.07, 6.45) is 0.452. The third kappa shape index (κ3) is 2.80. The molecule has 0 bridgehead atoms. The van der Waals surface area contributed by atoms with E-state index in [2.05, 4.69) is 5.43 Å². The maximum atomic E-state index is 12.0. The van der Waals surface area contributed by atoms with E-state index in [-0.39, 0.29) is 12.5 Å². The Kier molecular flexibility index (Phi) is 3.82. The third-order valence-electron chi connectivity index (χ3n) is 2.87. The van der Waals surface area contributed by atoms with Crippen molar-refractivity contribution < 1.29 is 14.3 Å².